The van der Waals surface area contributed by atoms with E-state index in [0.717, 1.165) is 5.01 Å². The van der Waals surface area contributed by atoms with Gasteiger partial charge in [-0.15, -0.1) is 0 Å². The van der Waals surface area contributed by atoms with Crippen LogP contribution in [0.15, 0.2) is 6.33 Å². The minimum absolute atomic E-state index is 0.350. The van der Waals surface area contributed by atoms with Crippen LogP contribution in [0.3, 0.4) is 0 Å². The predicted molar refractivity (Wildman–Crippen MR) is 48.2 cm³/mol. The highest BCUT2D eigenvalue weighted by molar-refractivity contribution is 7.05. The third-order valence-electron chi connectivity index (χ3n) is 1.39. The van der Waals surface area contributed by atoms with Crippen molar-refractivity contribution in [3.63, 3.8) is 0 Å². The molecule has 72 valence electrons. The second kappa shape index (κ2) is 4.88. The van der Waals surface area contributed by atoms with Crippen LogP contribution >= 0.6 is 11.5 Å². The summed E-state index contributed by atoms with van der Waals surface area (Å²) >= 11 is 1.24. The molecule has 1 atom stereocenters. The minimum atomic E-state index is -0.632. The molecule has 1 heterocycles. The number of ether oxygens (including phenoxy) is 1. The number of nitrogens with two attached hydrogens (primary N) is 1. The maximum atomic E-state index is 11.1. The summed E-state index contributed by atoms with van der Waals surface area (Å²) in [6.07, 6.45) is 1.83. The standard InChI is InChI=1S/C7H11N3O2S/c1-2-12-7(11)5(8)3-6-9-4-10-13-6/h4-5H,2-3,8H2,1H3. The van der Waals surface area contributed by atoms with Crippen molar-refractivity contribution in [3.8, 4) is 0 Å². The molecule has 1 rings (SSSR count). The smallest absolute Gasteiger partial charge is 0.323 e. The van der Waals surface area contributed by atoms with Crippen LogP contribution in [0.2, 0.25) is 0 Å². The lowest BCUT2D eigenvalue weighted by atomic mass is 10.2. The third-order valence-corrected chi connectivity index (χ3v) is 2.07. The first-order valence-electron chi connectivity index (χ1n) is 3.91. The van der Waals surface area contributed by atoms with E-state index >= 15 is 0 Å². The van der Waals surface area contributed by atoms with Gasteiger partial charge in [-0.05, 0) is 18.5 Å². The van der Waals surface area contributed by atoms with Gasteiger partial charge in [-0.2, -0.15) is 4.37 Å². The van der Waals surface area contributed by atoms with Crippen molar-refractivity contribution < 1.29 is 9.53 Å². The first-order chi connectivity index (χ1) is 6.24. The van der Waals surface area contributed by atoms with Crippen LogP contribution in [0, 0.1) is 0 Å². The quantitative estimate of drug-likeness (QED) is 0.692. The van der Waals surface area contributed by atoms with Gasteiger partial charge in [0.05, 0.1) is 6.61 Å². The summed E-state index contributed by atoms with van der Waals surface area (Å²) in [4.78, 5) is 15.0. The van der Waals surface area contributed by atoms with Gasteiger partial charge in [-0.25, -0.2) is 4.98 Å². The molecule has 0 radical (unpaired) electrons. The van der Waals surface area contributed by atoms with Crippen LogP contribution in [0.1, 0.15) is 11.9 Å². The monoisotopic (exact) mass is 201 g/mol. The number of carbonyl (C=O) groups excluding carboxylic acids is 1. The van der Waals surface area contributed by atoms with Crippen LogP contribution < -0.4 is 5.73 Å². The molecule has 1 aromatic heterocycles. The van der Waals surface area contributed by atoms with Gasteiger partial charge in [-0.1, -0.05) is 0 Å². The summed E-state index contributed by atoms with van der Waals surface area (Å²) in [7, 11) is 0. The summed E-state index contributed by atoms with van der Waals surface area (Å²) in [5, 5.41) is 0.751. The second-order valence-electron chi connectivity index (χ2n) is 2.40. The molecule has 0 aromatic carbocycles. The van der Waals surface area contributed by atoms with E-state index in [2.05, 4.69) is 9.36 Å². The molecular weight excluding hydrogens is 190 g/mol. The van der Waals surface area contributed by atoms with Crippen molar-refractivity contribution in [3.05, 3.63) is 11.3 Å². The molecule has 1 unspecified atom stereocenters. The molecule has 0 saturated carbocycles. The Morgan fingerprint density at radius 3 is 3.15 bits per heavy atom. The number of rotatable bonds is 4. The van der Waals surface area contributed by atoms with Crippen LogP contribution in [-0.4, -0.2) is 28.0 Å². The second-order valence-corrected chi connectivity index (χ2v) is 3.26. The Bertz CT molecular complexity index is 263. The molecule has 2 N–H and O–H groups in total. The summed E-state index contributed by atoms with van der Waals surface area (Å²) < 4.78 is 8.55. The fraction of sp³-hybridized carbons (Fsp3) is 0.571. The molecule has 1 aromatic rings. The first kappa shape index (κ1) is 10.1. The Morgan fingerprint density at radius 1 is 1.85 bits per heavy atom. The van der Waals surface area contributed by atoms with E-state index in [1.807, 2.05) is 0 Å². The SMILES string of the molecule is CCOC(=O)C(N)Cc1ncns1. The number of hydrogen-bond donors (Lipinski definition) is 1. The zero-order chi connectivity index (χ0) is 9.68. The summed E-state index contributed by atoms with van der Waals surface area (Å²) in [5.74, 6) is -0.391. The van der Waals surface area contributed by atoms with E-state index in [9.17, 15) is 4.79 Å². The van der Waals surface area contributed by atoms with E-state index in [1.165, 1.54) is 17.9 Å². The van der Waals surface area contributed by atoms with Crippen molar-refractivity contribution >= 4 is 17.5 Å². The van der Waals surface area contributed by atoms with Gasteiger partial charge in [0.2, 0.25) is 0 Å². The lowest BCUT2D eigenvalue weighted by Gasteiger charge is -2.07. The van der Waals surface area contributed by atoms with Crippen LogP contribution in [0.25, 0.3) is 0 Å². The molecule has 0 aliphatic heterocycles. The lowest BCUT2D eigenvalue weighted by Crippen LogP contribution is -2.34. The molecule has 6 heteroatoms. The molecule has 0 fully saturated rings. The molecule has 0 spiro atoms. The number of esters is 1. The number of aromatic nitrogens is 2. The van der Waals surface area contributed by atoms with Crippen LogP contribution in [-0.2, 0) is 16.0 Å². The Morgan fingerprint density at radius 2 is 2.62 bits per heavy atom. The van der Waals surface area contributed by atoms with Gasteiger partial charge in [0.1, 0.15) is 17.4 Å². The van der Waals surface area contributed by atoms with Crippen molar-refractivity contribution in [2.45, 2.75) is 19.4 Å². The average molecular weight is 201 g/mol. The Hall–Kier alpha value is -1.01. The number of carbonyl (C=O) groups is 1. The van der Waals surface area contributed by atoms with Gasteiger partial charge >= 0.3 is 5.97 Å². The fourth-order valence-electron chi connectivity index (χ4n) is 0.807. The van der Waals surface area contributed by atoms with E-state index < -0.39 is 12.0 Å². The molecule has 0 amide bonds. The highest BCUT2D eigenvalue weighted by Gasteiger charge is 2.16. The normalized spacial score (nSPS) is 12.5. The van der Waals surface area contributed by atoms with Crippen molar-refractivity contribution in [2.24, 2.45) is 5.73 Å². The molecular formula is C7H11N3O2S. The fourth-order valence-corrected chi connectivity index (χ4v) is 1.37. The molecule has 0 aliphatic carbocycles. The topological polar surface area (TPSA) is 78.1 Å². The minimum Gasteiger partial charge on any atom is -0.465 e. The molecule has 0 saturated heterocycles. The van der Waals surface area contributed by atoms with E-state index in [4.69, 9.17) is 10.5 Å². The molecule has 13 heavy (non-hydrogen) atoms. The predicted octanol–water partition coefficient (Wildman–Crippen LogP) is -0.0290. The maximum absolute atomic E-state index is 11.1. The van der Waals surface area contributed by atoms with Crippen molar-refractivity contribution in [1.82, 2.24) is 9.36 Å². The Kier molecular flexibility index (Phi) is 3.78. The maximum Gasteiger partial charge on any atom is 0.323 e. The Labute approximate surface area is 80.1 Å². The van der Waals surface area contributed by atoms with E-state index in [-0.39, 0.29) is 0 Å². The first-order valence-corrected chi connectivity index (χ1v) is 4.69. The van der Waals surface area contributed by atoms with Gasteiger partial charge < -0.3 is 10.5 Å². The summed E-state index contributed by atoms with van der Waals surface area (Å²) in [5.41, 5.74) is 5.56. The van der Waals surface area contributed by atoms with Gasteiger partial charge in [0.25, 0.3) is 0 Å². The van der Waals surface area contributed by atoms with Crippen molar-refractivity contribution in [2.75, 3.05) is 6.61 Å². The zero-order valence-corrected chi connectivity index (χ0v) is 8.08. The lowest BCUT2D eigenvalue weighted by molar-refractivity contribution is -0.144. The highest BCUT2D eigenvalue weighted by Crippen LogP contribution is 2.03. The Balaban J connectivity index is 2.41. The van der Waals surface area contributed by atoms with E-state index in [1.54, 1.807) is 6.92 Å². The van der Waals surface area contributed by atoms with Crippen LogP contribution in [0.4, 0.5) is 0 Å². The largest absolute Gasteiger partial charge is 0.465 e. The van der Waals surface area contributed by atoms with Gasteiger partial charge in [0, 0.05) is 6.42 Å². The number of nitrogens with zero attached hydrogens (tertiary/aromatic N) is 2. The van der Waals surface area contributed by atoms with Gasteiger partial charge in [-0.3, -0.25) is 4.79 Å². The highest BCUT2D eigenvalue weighted by atomic mass is 32.1. The van der Waals surface area contributed by atoms with E-state index in [0.29, 0.717) is 13.0 Å². The zero-order valence-electron chi connectivity index (χ0n) is 7.27. The average Bonchev–Trinajstić information content (AvgIpc) is 2.57. The van der Waals surface area contributed by atoms with Gasteiger partial charge in [0.15, 0.2) is 0 Å². The van der Waals surface area contributed by atoms with Crippen LogP contribution in [0.5, 0.6) is 0 Å². The molecule has 5 nitrogen and oxygen atoms in total. The molecule has 0 aliphatic rings. The summed E-state index contributed by atoms with van der Waals surface area (Å²) in [6, 6.07) is -0.632. The summed E-state index contributed by atoms with van der Waals surface area (Å²) in [6.45, 7) is 2.10. The van der Waals surface area contributed by atoms with Crippen molar-refractivity contribution in [1.29, 1.82) is 0 Å². The third kappa shape index (κ3) is 3.08. The number of hydrogen-bond acceptors (Lipinski definition) is 6. The molecule has 0 bridgehead atoms.